The molecule has 0 radical (unpaired) electrons. The Morgan fingerprint density at radius 2 is 2.00 bits per heavy atom. The van der Waals surface area contributed by atoms with Crippen LogP contribution in [0.4, 0.5) is 5.69 Å². The van der Waals surface area contributed by atoms with Crippen molar-refractivity contribution in [3.05, 3.63) is 47.0 Å². The Morgan fingerprint density at radius 3 is 2.63 bits per heavy atom. The topological polar surface area (TPSA) is 64.1 Å². The Morgan fingerprint density at radius 1 is 1.26 bits per heavy atom. The van der Waals surface area contributed by atoms with Crippen LogP contribution in [0.2, 0.25) is 5.02 Å². The smallest absolute Gasteiger partial charge is 0.191 e. The molecule has 6 nitrogen and oxygen atoms in total. The van der Waals surface area contributed by atoms with Crippen molar-refractivity contribution >= 4 is 40.8 Å². The van der Waals surface area contributed by atoms with E-state index in [0.29, 0.717) is 27.2 Å². The molecule has 2 rings (SSSR count). The van der Waals surface area contributed by atoms with Gasteiger partial charge in [-0.25, -0.2) is 0 Å². The summed E-state index contributed by atoms with van der Waals surface area (Å²) in [4.78, 5) is 0. The summed E-state index contributed by atoms with van der Waals surface area (Å²) in [5.74, 6) is 3.99. The number of anilines is 1. The maximum absolute atomic E-state index is 6.22. The standard InChI is InChI=1S/C19H18ClN3O3S/c1-4-9-26-18-16(20)10-13(11-17(18)25-3)12-21-23-19(27)22-14-5-7-15(24-2)8-6-14/h1,5-8,10-12H,9H2,2-3H3,(H2,22,23,27)/b21-12-. The Labute approximate surface area is 168 Å². The SMILES string of the molecule is C#CCOc1c(Cl)cc(/C=N\NC(=S)Nc2ccc(OC)cc2)cc1OC. The fraction of sp³-hybridized carbons (Fsp3) is 0.158. The first-order valence-electron chi connectivity index (χ1n) is 7.75. The third-order valence-electron chi connectivity index (χ3n) is 3.28. The number of benzene rings is 2. The van der Waals surface area contributed by atoms with Crippen LogP contribution in [0.1, 0.15) is 5.56 Å². The van der Waals surface area contributed by atoms with Gasteiger partial charge in [0.15, 0.2) is 16.6 Å². The molecule has 8 heteroatoms. The number of terminal acetylenes is 1. The quantitative estimate of drug-likeness (QED) is 0.318. The maximum Gasteiger partial charge on any atom is 0.191 e. The molecule has 2 aromatic rings. The van der Waals surface area contributed by atoms with Gasteiger partial charge in [-0.15, -0.1) is 6.42 Å². The molecule has 0 saturated carbocycles. The van der Waals surface area contributed by atoms with Gasteiger partial charge in [-0.05, 0) is 54.2 Å². The van der Waals surface area contributed by atoms with Crippen molar-refractivity contribution in [2.24, 2.45) is 5.10 Å². The van der Waals surface area contributed by atoms with Crippen LogP contribution in [-0.4, -0.2) is 32.2 Å². The monoisotopic (exact) mass is 403 g/mol. The molecular formula is C19H18ClN3O3S. The zero-order valence-electron chi connectivity index (χ0n) is 14.8. The summed E-state index contributed by atoms with van der Waals surface area (Å²) in [6.45, 7) is 0.0936. The molecule has 0 aliphatic carbocycles. The van der Waals surface area contributed by atoms with Gasteiger partial charge in [-0.1, -0.05) is 17.5 Å². The fourth-order valence-electron chi connectivity index (χ4n) is 2.07. The van der Waals surface area contributed by atoms with E-state index in [1.165, 1.54) is 7.11 Å². The van der Waals surface area contributed by atoms with Crippen molar-refractivity contribution in [2.75, 3.05) is 26.1 Å². The van der Waals surface area contributed by atoms with Gasteiger partial charge in [0.05, 0.1) is 25.5 Å². The molecule has 140 valence electrons. The van der Waals surface area contributed by atoms with E-state index in [2.05, 4.69) is 21.8 Å². The number of hydrogen-bond donors (Lipinski definition) is 2. The van der Waals surface area contributed by atoms with Crippen molar-refractivity contribution in [2.45, 2.75) is 0 Å². The first-order valence-corrected chi connectivity index (χ1v) is 8.54. The van der Waals surface area contributed by atoms with Crippen LogP contribution in [-0.2, 0) is 0 Å². The number of ether oxygens (including phenoxy) is 3. The molecule has 0 bridgehead atoms. The zero-order valence-corrected chi connectivity index (χ0v) is 16.4. The zero-order chi connectivity index (χ0) is 19.6. The Balaban J connectivity index is 1.99. The van der Waals surface area contributed by atoms with Crippen LogP contribution in [0.3, 0.4) is 0 Å². The normalized spacial score (nSPS) is 10.1. The van der Waals surface area contributed by atoms with Crippen molar-refractivity contribution < 1.29 is 14.2 Å². The van der Waals surface area contributed by atoms with Crippen molar-refractivity contribution in [3.63, 3.8) is 0 Å². The molecule has 27 heavy (non-hydrogen) atoms. The van der Waals surface area contributed by atoms with Crippen LogP contribution >= 0.6 is 23.8 Å². The Hall–Kier alpha value is -2.95. The highest BCUT2D eigenvalue weighted by Gasteiger charge is 2.11. The predicted octanol–water partition coefficient (Wildman–Crippen LogP) is 3.69. The summed E-state index contributed by atoms with van der Waals surface area (Å²) in [6, 6.07) is 10.7. The lowest BCUT2D eigenvalue weighted by Crippen LogP contribution is -2.23. The van der Waals surface area contributed by atoms with Crippen molar-refractivity contribution in [1.29, 1.82) is 0 Å². The van der Waals surface area contributed by atoms with Gasteiger partial charge in [0, 0.05) is 5.69 Å². The van der Waals surface area contributed by atoms with Crippen LogP contribution < -0.4 is 25.0 Å². The predicted molar refractivity (Wildman–Crippen MR) is 112 cm³/mol. The van der Waals surface area contributed by atoms with E-state index in [-0.39, 0.29) is 6.61 Å². The number of thiocarbonyl (C=S) groups is 1. The minimum absolute atomic E-state index is 0.0936. The number of hydrogen-bond acceptors (Lipinski definition) is 5. The summed E-state index contributed by atoms with van der Waals surface area (Å²) in [5.41, 5.74) is 4.24. The second kappa shape index (κ2) is 10.3. The third-order valence-corrected chi connectivity index (χ3v) is 3.75. The second-order valence-electron chi connectivity index (χ2n) is 5.08. The summed E-state index contributed by atoms with van der Waals surface area (Å²) < 4.78 is 15.8. The molecule has 0 amide bonds. The highest BCUT2D eigenvalue weighted by Crippen LogP contribution is 2.35. The number of nitrogens with one attached hydrogen (secondary N) is 2. The molecule has 0 aromatic heterocycles. The first-order chi connectivity index (χ1) is 13.1. The van der Waals surface area contributed by atoms with Gasteiger partial charge in [0.2, 0.25) is 0 Å². The maximum atomic E-state index is 6.22. The molecule has 0 fully saturated rings. The minimum Gasteiger partial charge on any atom is -0.497 e. The van der Waals surface area contributed by atoms with Gasteiger partial charge >= 0.3 is 0 Å². The second-order valence-corrected chi connectivity index (χ2v) is 5.89. The highest BCUT2D eigenvalue weighted by molar-refractivity contribution is 7.80. The lowest BCUT2D eigenvalue weighted by atomic mass is 10.2. The van der Waals surface area contributed by atoms with Gasteiger partial charge < -0.3 is 19.5 Å². The fourth-order valence-corrected chi connectivity index (χ4v) is 2.51. The highest BCUT2D eigenvalue weighted by atomic mass is 35.5. The average Bonchev–Trinajstić information content (AvgIpc) is 2.67. The molecule has 0 heterocycles. The third kappa shape index (κ3) is 6.06. The van der Waals surface area contributed by atoms with E-state index in [0.717, 1.165) is 11.4 Å². The molecule has 2 N–H and O–H groups in total. The lowest BCUT2D eigenvalue weighted by molar-refractivity contribution is 0.331. The summed E-state index contributed by atoms with van der Waals surface area (Å²) >= 11 is 11.4. The van der Waals surface area contributed by atoms with E-state index in [4.69, 9.17) is 44.5 Å². The lowest BCUT2D eigenvalue weighted by Gasteiger charge is -2.11. The number of hydrazone groups is 1. The van der Waals surface area contributed by atoms with Gasteiger partial charge in [0.1, 0.15) is 12.4 Å². The number of halogens is 1. The van der Waals surface area contributed by atoms with Gasteiger partial charge in [-0.2, -0.15) is 5.10 Å². The number of rotatable bonds is 7. The van der Waals surface area contributed by atoms with E-state index >= 15 is 0 Å². The van der Waals surface area contributed by atoms with Crippen molar-refractivity contribution in [1.82, 2.24) is 5.43 Å². The number of nitrogens with zero attached hydrogens (tertiary/aromatic N) is 1. The molecule has 0 saturated heterocycles. The molecular weight excluding hydrogens is 386 g/mol. The van der Waals surface area contributed by atoms with E-state index in [9.17, 15) is 0 Å². The van der Waals surface area contributed by atoms with E-state index in [1.54, 1.807) is 25.5 Å². The van der Waals surface area contributed by atoms with Gasteiger partial charge in [-0.3, -0.25) is 5.43 Å². The largest absolute Gasteiger partial charge is 0.497 e. The number of methoxy groups -OCH3 is 2. The first kappa shape index (κ1) is 20.4. The Kier molecular flexibility index (Phi) is 7.74. The van der Waals surface area contributed by atoms with Gasteiger partial charge in [0.25, 0.3) is 0 Å². The molecule has 0 spiro atoms. The molecule has 0 aliphatic heterocycles. The van der Waals surface area contributed by atoms with E-state index in [1.807, 2.05) is 24.3 Å². The summed E-state index contributed by atoms with van der Waals surface area (Å²) in [7, 11) is 3.12. The molecule has 0 unspecified atom stereocenters. The molecule has 2 aromatic carbocycles. The average molecular weight is 404 g/mol. The van der Waals surface area contributed by atoms with Crippen molar-refractivity contribution in [3.8, 4) is 29.6 Å². The Bertz CT molecular complexity index is 864. The minimum atomic E-state index is 0.0936. The molecule has 0 atom stereocenters. The van der Waals surface area contributed by atoms with Crippen LogP contribution in [0.15, 0.2) is 41.5 Å². The summed E-state index contributed by atoms with van der Waals surface area (Å²) in [6.07, 6.45) is 6.76. The summed E-state index contributed by atoms with van der Waals surface area (Å²) in [5, 5.41) is 7.80. The van der Waals surface area contributed by atoms with Crippen LogP contribution in [0.25, 0.3) is 0 Å². The molecule has 0 aliphatic rings. The van der Waals surface area contributed by atoms with Crippen LogP contribution in [0.5, 0.6) is 17.2 Å². The van der Waals surface area contributed by atoms with E-state index < -0.39 is 0 Å². The van der Waals surface area contributed by atoms with Crippen LogP contribution in [0, 0.1) is 12.3 Å².